The molecule has 0 bridgehead atoms. The lowest BCUT2D eigenvalue weighted by Crippen LogP contribution is -2.06. The van der Waals surface area contributed by atoms with Gasteiger partial charge >= 0.3 is 0 Å². The summed E-state index contributed by atoms with van der Waals surface area (Å²) in [6, 6.07) is 0. The molecule has 0 aliphatic carbocycles. The van der Waals surface area contributed by atoms with Crippen LogP contribution in [-0.4, -0.2) is 29.1 Å². The van der Waals surface area contributed by atoms with Gasteiger partial charge in [0.2, 0.25) is 0 Å². The Balaban J connectivity index is 2.51. The van der Waals surface area contributed by atoms with E-state index in [4.69, 9.17) is 4.74 Å². The number of hydrogen-bond acceptors (Lipinski definition) is 6. The van der Waals surface area contributed by atoms with Crippen LogP contribution >= 0.6 is 33.9 Å². The summed E-state index contributed by atoms with van der Waals surface area (Å²) in [6.07, 6.45) is 0. The number of anilines is 1. The van der Waals surface area contributed by atoms with Crippen molar-refractivity contribution in [2.24, 2.45) is 0 Å². The Hall–Kier alpha value is -0.800. The fourth-order valence-corrected chi connectivity index (χ4v) is 2.84. The Kier molecular flexibility index (Phi) is 4.46. The third kappa shape index (κ3) is 2.78. The van der Waals surface area contributed by atoms with Crippen molar-refractivity contribution < 1.29 is 4.74 Å². The normalized spacial score (nSPS) is 10.7. The molecule has 0 aromatic carbocycles. The number of hydrogen-bond donors (Lipinski definition) is 1. The minimum absolute atomic E-state index is 0.465. The molecule has 0 radical (unpaired) electrons. The van der Waals surface area contributed by atoms with Crippen LogP contribution in [0.25, 0.3) is 10.8 Å². The van der Waals surface area contributed by atoms with Crippen molar-refractivity contribution in [3.05, 3.63) is 20.3 Å². The van der Waals surface area contributed by atoms with Crippen LogP contribution < -0.4 is 5.32 Å². The second kappa shape index (κ2) is 5.89. The molecular weight excluding hydrogens is 363 g/mol. The van der Waals surface area contributed by atoms with Crippen molar-refractivity contribution in [1.82, 2.24) is 15.0 Å². The molecule has 0 amide bonds. The van der Waals surface area contributed by atoms with E-state index >= 15 is 0 Å². The van der Waals surface area contributed by atoms with Crippen molar-refractivity contribution in [3.63, 3.8) is 0 Å². The van der Waals surface area contributed by atoms with Gasteiger partial charge in [-0.25, -0.2) is 15.0 Å². The van der Waals surface area contributed by atoms with Crippen LogP contribution in [0.15, 0.2) is 5.38 Å². The summed E-state index contributed by atoms with van der Waals surface area (Å²) in [7, 11) is 3.50. The maximum absolute atomic E-state index is 5.16. The molecule has 2 rings (SSSR count). The van der Waals surface area contributed by atoms with Gasteiger partial charge in [-0.05, 0) is 29.5 Å². The minimum atomic E-state index is 0.465. The molecule has 5 nitrogen and oxygen atoms in total. The Labute approximate surface area is 123 Å². The number of ether oxygens (including phenoxy) is 1. The first kappa shape index (κ1) is 13.6. The number of thiazole rings is 1. The fourth-order valence-electron chi connectivity index (χ4n) is 1.44. The third-order valence-electron chi connectivity index (χ3n) is 2.25. The summed E-state index contributed by atoms with van der Waals surface area (Å²) in [5.41, 5.74) is 1.86. The minimum Gasteiger partial charge on any atom is -0.378 e. The van der Waals surface area contributed by atoms with Crippen LogP contribution in [-0.2, 0) is 11.3 Å². The quantitative estimate of drug-likeness (QED) is 0.832. The van der Waals surface area contributed by atoms with Gasteiger partial charge < -0.3 is 10.1 Å². The molecule has 0 saturated heterocycles. The summed E-state index contributed by atoms with van der Waals surface area (Å²) >= 11 is 3.77. The van der Waals surface area contributed by atoms with Gasteiger partial charge in [-0.2, -0.15) is 0 Å². The van der Waals surface area contributed by atoms with Gasteiger partial charge in [-0.1, -0.05) is 0 Å². The van der Waals surface area contributed by atoms with Gasteiger partial charge in [0.15, 0.2) is 10.8 Å². The number of rotatable bonds is 4. The van der Waals surface area contributed by atoms with E-state index in [1.165, 1.54) is 0 Å². The molecule has 0 spiro atoms. The highest BCUT2D eigenvalue weighted by molar-refractivity contribution is 14.1. The molecule has 18 heavy (non-hydrogen) atoms. The number of aryl methyl sites for hydroxylation is 1. The molecule has 2 aromatic rings. The highest BCUT2D eigenvalue weighted by Crippen LogP contribution is 2.26. The highest BCUT2D eigenvalue weighted by atomic mass is 127. The fraction of sp³-hybridized carbons (Fsp3) is 0.364. The zero-order valence-corrected chi connectivity index (χ0v) is 13.3. The van der Waals surface area contributed by atoms with E-state index < -0.39 is 0 Å². The largest absolute Gasteiger partial charge is 0.378 e. The van der Waals surface area contributed by atoms with Crippen molar-refractivity contribution >= 4 is 39.7 Å². The lowest BCUT2D eigenvalue weighted by Gasteiger charge is -2.09. The Bertz CT molecular complexity index is 558. The van der Waals surface area contributed by atoms with Crippen LogP contribution in [0, 0.1) is 10.5 Å². The average molecular weight is 376 g/mol. The first-order valence-electron chi connectivity index (χ1n) is 5.31. The first-order chi connectivity index (χ1) is 8.65. The molecule has 0 atom stereocenters. The summed E-state index contributed by atoms with van der Waals surface area (Å²) in [5.74, 6) is 1.45. The van der Waals surface area contributed by atoms with E-state index in [1.807, 2.05) is 19.4 Å². The molecule has 7 heteroatoms. The van der Waals surface area contributed by atoms with Gasteiger partial charge in [0.1, 0.15) is 5.82 Å². The standard InChI is InChI=1S/C11H13IN4OS/c1-6-5-18-11(14-6)10-15-7(4-17-3)8(12)9(13-2)16-10/h5H,4H2,1-3H3,(H,13,15,16). The Morgan fingerprint density at radius 2 is 2.17 bits per heavy atom. The van der Waals surface area contributed by atoms with Crippen molar-refractivity contribution in [3.8, 4) is 10.8 Å². The molecule has 0 fully saturated rings. The van der Waals surface area contributed by atoms with Gasteiger partial charge in [-0.15, -0.1) is 11.3 Å². The Morgan fingerprint density at radius 3 is 2.72 bits per heavy atom. The van der Waals surface area contributed by atoms with E-state index in [2.05, 4.69) is 42.9 Å². The van der Waals surface area contributed by atoms with Gasteiger partial charge in [0, 0.05) is 25.2 Å². The number of nitrogens with one attached hydrogen (secondary N) is 1. The average Bonchev–Trinajstić information content (AvgIpc) is 2.79. The van der Waals surface area contributed by atoms with E-state index in [0.717, 1.165) is 25.8 Å². The predicted molar refractivity (Wildman–Crippen MR) is 80.9 cm³/mol. The number of methoxy groups -OCH3 is 1. The summed E-state index contributed by atoms with van der Waals surface area (Å²) in [4.78, 5) is 13.4. The van der Waals surface area contributed by atoms with Gasteiger partial charge in [0.05, 0.1) is 15.9 Å². The number of aromatic nitrogens is 3. The Morgan fingerprint density at radius 1 is 1.39 bits per heavy atom. The maximum atomic E-state index is 5.16. The lowest BCUT2D eigenvalue weighted by atomic mass is 10.4. The molecule has 2 aromatic heterocycles. The van der Waals surface area contributed by atoms with E-state index in [0.29, 0.717) is 12.4 Å². The SMILES string of the molecule is CNc1nc(-c2nc(C)cs2)nc(COC)c1I. The second-order valence-corrected chi connectivity index (χ2v) is 5.57. The zero-order chi connectivity index (χ0) is 13.1. The van der Waals surface area contributed by atoms with Crippen LogP contribution in [0.3, 0.4) is 0 Å². The molecule has 0 aliphatic heterocycles. The number of nitrogens with zero attached hydrogens (tertiary/aromatic N) is 3. The topological polar surface area (TPSA) is 59.9 Å². The molecular formula is C11H13IN4OS. The van der Waals surface area contributed by atoms with Crippen LogP contribution in [0.5, 0.6) is 0 Å². The van der Waals surface area contributed by atoms with Crippen molar-refractivity contribution in [2.45, 2.75) is 13.5 Å². The van der Waals surface area contributed by atoms with Crippen molar-refractivity contribution in [1.29, 1.82) is 0 Å². The van der Waals surface area contributed by atoms with Gasteiger partial charge in [-0.3, -0.25) is 0 Å². The monoisotopic (exact) mass is 376 g/mol. The highest BCUT2D eigenvalue weighted by Gasteiger charge is 2.14. The summed E-state index contributed by atoms with van der Waals surface area (Å²) < 4.78 is 6.14. The first-order valence-corrected chi connectivity index (χ1v) is 7.27. The van der Waals surface area contributed by atoms with Gasteiger partial charge in [0.25, 0.3) is 0 Å². The zero-order valence-electron chi connectivity index (χ0n) is 10.3. The van der Waals surface area contributed by atoms with Crippen LogP contribution in [0.4, 0.5) is 5.82 Å². The second-order valence-electron chi connectivity index (χ2n) is 3.63. The molecule has 1 N–H and O–H groups in total. The summed E-state index contributed by atoms with van der Waals surface area (Å²) in [5, 5.41) is 5.90. The van der Waals surface area contributed by atoms with Crippen LogP contribution in [0.1, 0.15) is 11.4 Å². The maximum Gasteiger partial charge on any atom is 0.191 e. The molecule has 0 saturated carbocycles. The molecule has 96 valence electrons. The predicted octanol–water partition coefficient (Wildman–Crippen LogP) is 2.70. The smallest absolute Gasteiger partial charge is 0.191 e. The van der Waals surface area contributed by atoms with Crippen LogP contribution in [0.2, 0.25) is 0 Å². The summed E-state index contributed by atoms with van der Waals surface area (Å²) in [6.45, 7) is 2.43. The molecule has 0 unspecified atom stereocenters. The lowest BCUT2D eigenvalue weighted by molar-refractivity contribution is 0.181. The molecule has 0 aliphatic rings. The third-order valence-corrected chi connectivity index (χ3v) is 4.34. The van der Waals surface area contributed by atoms with E-state index in [1.54, 1.807) is 18.4 Å². The van der Waals surface area contributed by atoms with Crippen molar-refractivity contribution in [2.75, 3.05) is 19.5 Å². The molecule has 2 heterocycles. The van der Waals surface area contributed by atoms with E-state index in [-0.39, 0.29) is 0 Å². The number of halogens is 1. The van der Waals surface area contributed by atoms with E-state index in [9.17, 15) is 0 Å².